The number of nitrogens with one attached hydrogen (secondary N) is 1. The standard InChI is InChI=1S/C13H15NO4/c1-9-7-11(12(15)18-9)14-13(16)17-8-10-5-3-2-4-6-10/h2-6,9,11H,7-8H2,1H3,(H,14,16)/t9-,11-/m0/s1. The van der Waals surface area contributed by atoms with Gasteiger partial charge in [-0.2, -0.15) is 0 Å². The van der Waals surface area contributed by atoms with E-state index in [2.05, 4.69) is 5.32 Å². The molecule has 1 aliphatic heterocycles. The number of hydrogen-bond donors (Lipinski definition) is 1. The van der Waals surface area contributed by atoms with Crippen molar-refractivity contribution in [2.45, 2.75) is 32.1 Å². The summed E-state index contributed by atoms with van der Waals surface area (Å²) >= 11 is 0. The SMILES string of the molecule is C[C@H]1C[C@H](NC(=O)OCc2ccccc2)C(=O)O1. The predicted molar refractivity (Wildman–Crippen MR) is 63.7 cm³/mol. The minimum Gasteiger partial charge on any atom is -0.461 e. The van der Waals surface area contributed by atoms with E-state index in [1.807, 2.05) is 30.3 Å². The molecule has 18 heavy (non-hydrogen) atoms. The second-order valence-corrected chi connectivity index (χ2v) is 4.24. The molecular weight excluding hydrogens is 234 g/mol. The molecule has 0 radical (unpaired) electrons. The van der Waals surface area contributed by atoms with Crippen molar-refractivity contribution in [2.24, 2.45) is 0 Å². The molecule has 0 aliphatic carbocycles. The first-order valence-corrected chi connectivity index (χ1v) is 5.83. The number of alkyl carbamates (subject to hydrolysis) is 1. The number of hydrogen-bond acceptors (Lipinski definition) is 4. The highest BCUT2D eigenvalue weighted by atomic mass is 16.6. The van der Waals surface area contributed by atoms with Gasteiger partial charge in [0.05, 0.1) is 0 Å². The molecule has 5 nitrogen and oxygen atoms in total. The fourth-order valence-corrected chi connectivity index (χ4v) is 1.78. The molecule has 0 bridgehead atoms. The summed E-state index contributed by atoms with van der Waals surface area (Å²) in [7, 11) is 0. The smallest absolute Gasteiger partial charge is 0.408 e. The third-order valence-corrected chi connectivity index (χ3v) is 2.67. The van der Waals surface area contributed by atoms with Gasteiger partial charge in [-0.05, 0) is 12.5 Å². The van der Waals surface area contributed by atoms with Crippen molar-refractivity contribution in [1.29, 1.82) is 0 Å². The lowest BCUT2D eigenvalue weighted by atomic mass is 10.2. The van der Waals surface area contributed by atoms with Crippen molar-refractivity contribution in [1.82, 2.24) is 5.32 Å². The average molecular weight is 249 g/mol. The van der Waals surface area contributed by atoms with E-state index >= 15 is 0 Å². The molecule has 96 valence electrons. The van der Waals surface area contributed by atoms with E-state index in [4.69, 9.17) is 9.47 Å². The maximum Gasteiger partial charge on any atom is 0.408 e. The number of benzene rings is 1. The fourth-order valence-electron chi connectivity index (χ4n) is 1.78. The Hall–Kier alpha value is -2.04. The highest BCUT2D eigenvalue weighted by Crippen LogP contribution is 2.14. The van der Waals surface area contributed by atoms with Crippen LogP contribution in [0, 0.1) is 0 Å². The molecule has 1 aliphatic rings. The summed E-state index contributed by atoms with van der Waals surface area (Å²) in [6.07, 6.45) is -0.272. The summed E-state index contributed by atoms with van der Waals surface area (Å²) in [6, 6.07) is 8.75. The first-order valence-electron chi connectivity index (χ1n) is 5.83. The van der Waals surface area contributed by atoms with Crippen molar-refractivity contribution in [3.8, 4) is 0 Å². The Morgan fingerprint density at radius 3 is 2.78 bits per heavy atom. The Morgan fingerprint density at radius 1 is 1.44 bits per heavy atom. The molecule has 1 amide bonds. The van der Waals surface area contributed by atoms with E-state index in [-0.39, 0.29) is 12.7 Å². The van der Waals surface area contributed by atoms with Gasteiger partial charge in [0.1, 0.15) is 18.8 Å². The van der Waals surface area contributed by atoms with E-state index in [1.54, 1.807) is 6.92 Å². The van der Waals surface area contributed by atoms with E-state index in [1.165, 1.54) is 0 Å². The summed E-state index contributed by atoms with van der Waals surface area (Å²) in [6.45, 7) is 1.97. The molecule has 1 saturated heterocycles. The van der Waals surface area contributed by atoms with Crippen LogP contribution in [0.25, 0.3) is 0 Å². The highest BCUT2D eigenvalue weighted by Gasteiger charge is 2.33. The molecular formula is C13H15NO4. The Bertz CT molecular complexity index is 432. The van der Waals surface area contributed by atoms with Gasteiger partial charge < -0.3 is 14.8 Å². The number of ether oxygens (including phenoxy) is 2. The van der Waals surface area contributed by atoms with Crippen LogP contribution >= 0.6 is 0 Å². The number of amides is 1. The Labute approximate surface area is 105 Å². The van der Waals surface area contributed by atoms with Gasteiger partial charge in [0, 0.05) is 6.42 Å². The second kappa shape index (κ2) is 5.53. The van der Waals surface area contributed by atoms with Crippen LogP contribution in [0.4, 0.5) is 4.79 Å². The second-order valence-electron chi connectivity index (χ2n) is 4.24. The van der Waals surface area contributed by atoms with Crippen molar-refractivity contribution in [3.05, 3.63) is 35.9 Å². The van der Waals surface area contributed by atoms with Crippen LogP contribution in [-0.4, -0.2) is 24.2 Å². The topological polar surface area (TPSA) is 64.6 Å². The summed E-state index contributed by atoms with van der Waals surface area (Å²) in [5.41, 5.74) is 0.898. The summed E-state index contributed by atoms with van der Waals surface area (Å²) in [4.78, 5) is 22.8. The molecule has 0 unspecified atom stereocenters. The van der Waals surface area contributed by atoms with Gasteiger partial charge in [0.15, 0.2) is 0 Å². The first kappa shape index (κ1) is 12.4. The molecule has 1 N–H and O–H groups in total. The molecule has 1 aromatic rings. The van der Waals surface area contributed by atoms with Crippen LogP contribution in [0.15, 0.2) is 30.3 Å². The minimum atomic E-state index is -0.602. The van der Waals surface area contributed by atoms with Crippen LogP contribution in [0.3, 0.4) is 0 Å². The summed E-state index contributed by atoms with van der Waals surface area (Å²) in [5.74, 6) is -0.404. The molecule has 0 saturated carbocycles. The Morgan fingerprint density at radius 2 is 2.17 bits per heavy atom. The fraction of sp³-hybridized carbons (Fsp3) is 0.385. The zero-order valence-electron chi connectivity index (χ0n) is 10.1. The molecule has 1 aromatic carbocycles. The third kappa shape index (κ3) is 3.23. The summed E-state index contributed by atoms with van der Waals surface area (Å²) < 4.78 is 9.94. The third-order valence-electron chi connectivity index (χ3n) is 2.67. The lowest BCUT2D eigenvalue weighted by molar-refractivity contribution is -0.142. The molecule has 0 spiro atoms. The van der Waals surface area contributed by atoms with Crippen molar-refractivity contribution >= 4 is 12.1 Å². The van der Waals surface area contributed by atoms with Gasteiger partial charge in [-0.15, -0.1) is 0 Å². The van der Waals surface area contributed by atoms with E-state index in [0.29, 0.717) is 6.42 Å². The molecule has 0 aromatic heterocycles. The van der Waals surface area contributed by atoms with Gasteiger partial charge in [0.2, 0.25) is 0 Å². The van der Waals surface area contributed by atoms with Crippen molar-refractivity contribution in [3.63, 3.8) is 0 Å². The average Bonchev–Trinajstić information content (AvgIpc) is 2.67. The quantitative estimate of drug-likeness (QED) is 0.827. The van der Waals surface area contributed by atoms with Crippen LogP contribution in [0.2, 0.25) is 0 Å². The number of carbonyl (C=O) groups is 2. The van der Waals surface area contributed by atoms with Gasteiger partial charge in [-0.25, -0.2) is 9.59 Å². The van der Waals surface area contributed by atoms with E-state index < -0.39 is 18.1 Å². The predicted octanol–water partition coefficient (Wildman–Crippen LogP) is 1.62. The molecule has 2 rings (SSSR count). The van der Waals surface area contributed by atoms with Crippen molar-refractivity contribution < 1.29 is 19.1 Å². The number of cyclic esters (lactones) is 1. The van der Waals surface area contributed by atoms with Gasteiger partial charge in [-0.1, -0.05) is 30.3 Å². The lowest BCUT2D eigenvalue weighted by Crippen LogP contribution is -2.38. The highest BCUT2D eigenvalue weighted by molar-refractivity contribution is 5.82. The zero-order chi connectivity index (χ0) is 13.0. The Kier molecular flexibility index (Phi) is 3.82. The molecule has 2 atom stereocenters. The van der Waals surface area contributed by atoms with E-state index in [9.17, 15) is 9.59 Å². The number of esters is 1. The van der Waals surface area contributed by atoms with Gasteiger partial charge >= 0.3 is 12.1 Å². The normalized spacial score (nSPS) is 22.4. The van der Waals surface area contributed by atoms with E-state index in [0.717, 1.165) is 5.56 Å². The molecule has 1 fully saturated rings. The van der Waals surface area contributed by atoms with Gasteiger partial charge in [0.25, 0.3) is 0 Å². The molecule has 5 heteroatoms. The molecule has 1 heterocycles. The van der Waals surface area contributed by atoms with Crippen LogP contribution in [0.5, 0.6) is 0 Å². The monoisotopic (exact) mass is 249 g/mol. The summed E-state index contributed by atoms with van der Waals surface area (Å²) in [5, 5.41) is 2.49. The van der Waals surface area contributed by atoms with Crippen LogP contribution < -0.4 is 5.32 Å². The maximum absolute atomic E-state index is 11.5. The zero-order valence-corrected chi connectivity index (χ0v) is 10.1. The maximum atomic E-state index is 11.5. The van der Waals surface area contributed by atoms with Crippen molar-refractivity contribution in [2.75, 3.05) is 0 Å². The lowest BCUT2D eigenvalue weighted by Gasteiger charge is -2.09. The van der Waals surface area contributed by atoms with Crippen LogP contribution in [-0.2, 0) is 20.9 Å². The largest absolute Gasteiger partial charge is 0.461 e. The van der Waals surface area contributed by atoms with Crippen LogP contribution in [0.1, 0.15) is 18.9 Å². The Balaban J connectivity index is 1.77. The van der Waals surface area contributed by atoms with Gasteiger partial charge in [-0.3, -0.25) is 0 Å². The first-order chi connectivity index (χ1) is 8.65. The number of rotatable bonds is 3. The minimum absolute atomic E-state index is 0.156. The number of carbonyl (C=O) groups excluding carboxylic acids is 2.